The van der Waals surface area contributed by atoms with Gasteiger partial charge >= 0.3 is 0 Å². The van der Waals surface area contributed by atoms with Gasteiger partial charge in [0.05, 0.1) is 24.1 Å². The molecule has 0 radical (unpaired) electrons. The second-order valence-corrected chi connectivity index (χ2v) is 8.58. The maximum absolute atomic E-state index is 9.81. The van der Waals surface area contributed by atoms with Crippen molar-refractivity contribution in [3.05, 3.63) is 53.9 Å². The maximum atomic E-state index is 9.81. The first-order valence-corrected chi connectivity index (χ1v) is 10.7. The lowest BCUT2D eigenvalue weighted by atomic mass is 9.82. The molecule has 3 N–H and O–H groups in total. The van der Waals surface area contributed by atoms with Crippen molar-refractivity contribution in [3.63, 3.8) is 0 Å². The average Bonchev–Trinajstić information content (AvgIpc) is 3.60. The Kier molecular flexibility index (Phi) is 5.11. The standard InChI is InChI=1S/C24H25N7O/c1-24(13-28-17-5-6-17)14-29-21-16(12-25)10-15(11-18(21)24)19-7-9-27-23(30-19)31-20-4-3-8-26-22(20)32-2/h3-4,7-11,17,28-29H,5-6,13-14H2,1-2H3,(H,27,30,31). The van der Waals surface area contributed by atoms with Crippen molar-refractivity contribution in [2.24, 2.45) is 0 Å². The fourth-order valence-electron chi connectivity index (χ4n) is 4.09. The number of pyridine rings is 1. The zero-order valence-electron chi connectivity index (χ0n) is 18.1. The van der Waals surface area contributed by atoms with Crippen LogP contribution in [0.2, 0.25) is 0 Å². The Labute approximate surface area is 187 Å². The molecule has 0 amide bonds. The Morgan fingerprint density at radius 3 is 2.91 bits per heavy atom. The first-order chi connectivity index (χ1) is 15.6. The van der Waals surface area contributed by atoms with Crippen molar-refractivity contribution in [3.8, 4) is 23.2 Å². The highest BCUT2D eigenvalue weighted by Crippen LogP contribution is 2.41. The number of rotatable bonds is 7. The fraction of sp³-hybridized carbons (Fsp3) is 0.333. The summed E-state index contributed by atoms with van der Waals surface area (Å²) >= 11 is 0. The van der Waals surface area contributed by atoms with Gasteiger partial charge in [0, 0.05) is 42.5 Å². The van der Waals surface area contributed by atoms with E-state index in [1.54, 1.807) is 19.5 Å². The highest BCUT2D eigenvalue weighted by molar-refractivity contribution is 5.76. The van der Waals surface area contributed by atoms with Crippen LogP contribution in [0.5, 0.6) is 5.88 Å². The molecule has 8 nitrogen and oxygen atoms in total. The molecule has 3 heterocycles. The number of anilines is 3. The number of hydrogen-bond donors (Lipinski definition) is 3. The topological polar surface area (TPSA) is 108 Å². The molecule has 1 aliphatic heterocycles. The molecule has 3 aromatic rings. The quantitative estimate of drug-likeness (QED) is 0.525. The van der Waals surface area contributed by atoms with E-state index in [1.165, 1.54) is 12.8 Å². The maximum Gasteiger partial charge on any atom is 0.237 e. The van der Waals surface area contributed by atoms with Crippen LogP contribution in [-0.4, -0.2) is 41.2 Å². The molecule has 1 fully saturated rings. The zero-order chi connectivity index (χ0) is 22.1. The minimum absolute atomic E-state index is 0.0866. The molecule has 1 aliphatic carbocycles. The van der Waals surface area contributed by atoms with Crippen LogP contribution in [0.1, 0.15) is 30.9 Å². The molecule has 32 heavy (non-hydrogen) atoms. The Hall–Kier alpha value is -3.70. The monoisotopic (exact) mass is 427 g/mol. The van der Waals surface area contributed by atoms with E-state index < -0.39 is 0 Å². The molecule has 2 aromatic heterocycles. The Balaban J connectivity index is 1.49. The lowest BCUT2D eigenvalue weighted by molar-refractivity contribution is 0.400. The van der Waals surface area contributed by atoms with Gasteiger partial charge in [-0.2, -0.15) is 5.26 Å². The first kappa shape index (κ1) is 20.2. The third kappa shape index (κ3) is 3.83. The van der Waals surface area contributed by atoms with Gasteiger partial charge in [-0.3, -0.25) is 0 Å². The summed E-state index contributed by atoms with van der Waals surface area (Å²) in [6, 6.07) is 12.6. The van der Waals surface area contributed by atoms with Gasteiger partial charge < -0.3 is 20.7 Å². The van der Waals surface area contributed by atoms with Crippen molar-refractivity contribution in [2.75, 3.05) is 30.8 Å². The van der Waals surface area contributed by atoms with Crippen molar-refractivity contribution in [1.29, 1.82) is 5.26 Å². The Morgan fingerprint density at radius 1 is 1.25 bits per heavy atom. The van der Waals surface area contributed by atoms with E-state index in [-0.39, 0.29) is 5.41 Å². The number of nitriles is 1. The highest BCUT2D eigenvalue weighted by Gasteiger charge is 2.37. The number of fused-ring (bicyclic) bond motifs is 1. The summed E-state index contributed by atoms with van der Waals surface area (Å²) in [6.45, 7) is 3.93. The third-order valence-corrected chi connectivity index (χ3v) is 6.08. The summed E-state index contributed by atoms with van der Waals surface area (Å²) in [5.41, 5.74) is 4.96. The van der Waals surface area contributed by atoms with E-state index in [0.29, 0.717) is 29.1 Å². The average molecular weight is 428 g/mol. The van der Waals surface area contributed by atoms with Crippen molar-refractivity contribution < 1.29 is 4.74 Å². The van der Waals surface area contributed by atoms with E-state index in [9.17, 15) is 5.26 Å². The van der Waals surface area contributed by atoms with Crippen LogP contribution < -0.4 is 20.7 Å². The smallest absolute Gasteiger partial charge is 0.237 e. The summed E-state index contributed by atoms with van der Waals surface area (Å²) in [5.74, 6) is 0.903. The summed E-state index contributed by atoms with van der Waals surface area (Å²) in [6.07, 6.45) is 5.87. The Bertz CT molecular complexity index is 1200. The lowest BCUT2D eigenvalue weighted by Crippen LogP contribution is -2.38. The van der Waals surface area contributed by atoms with E-state index in [2.05, 4.69) is 45.0 Å². The number of methoxy groups -OCH3 is 1. The third-order valence-electron chi connectivity index (χ3n) is 6.08. The lowest BCUT2D eigenvalue weighted by Gasteiger charge is -2.25. The molecule has 1 saturated carbocycles. The predicted molar refractivity (Wildman–Crippen MR) is 123 cm³/mol. The summed E-state index contributed by atoms with van der Waals surface area (Å²) in [4.78, 5) is 13.2. The molecule has 2 aliphatic rings. The van der Waals surface area contributed by atoms with Gasteiger partial charge in [-0.05, 0) is 48.7 Å². The summed E-state index contributed by atoms with van der Waals surface area (Å²) in [5, 5.41) is 20.1. The molecule has 162 valence electrons. The Morgan fingerprint density at radius 2 is 2.12 bits per heavy atom. The van der Waals surface area contributed by atoms with Gasteiger partial charge in [0.2, 0.25) is 11.8 Å². The number of hydrogen-bond acceptors (Lipinski definition) is 8. The van der Waals surface area contributed by atoms with E-state index in [4.69, 9.17) is 9.72 Å². The molecule has 0 saturated heterocycles. The zero-order valence-corrected chi connectivity index (χ0v) is 18.1. The van der Waals surface area contributed by atoms with Gasteiger partial charge in [0.15, 0.2) is 0 Å². The molecule has 1 unspecified atom stereocenters. The minimum atomic E-state index is -0.0866. The second kappa shape index (κ2) is 8.09. The SMILES string of the molecule is COc1ncccc1Nc1nccc(-c2cc(C#N)c3c(c2)C(C)(CNC2CC2)CN3)n1. The fourth-order valence-corrected chi connectivity index (χ4v) is 4.09. The minimum Gasteiger partial charge on any atom is -0.480 e. The number of nitrogens with one attached hydrogen (secondary N) is 3. The van der Waals surface area contributed by atoms with Gasteiger partial charge in [0.25, 0.3) is 0 Å². The number of ether oxygens (including phenoxy) is 1. The molecule has 1 aromatic carbocycles. The number of nitrogens with zero attached hydrogens (tertiary/aromatic N) is 4. The highest BCUT2D eigenvalue weighted by atomic mass is 16.5. The van der Waals surface area contributed by atoms with Gasteiger partial charge in [-0.25, -0.2) is 15.0 Å². The summed E-state index contributed by atoms with van der Waals surface area (Å²) in [7, 11) is 1.57. The van der Waals surface area contributed by atoms with Gasteiger partial charge in [-0.1, -0.05) is 6.92 Å². The number of aromatic nitrogens is 3. The van der Waals surface area contributed by atoms with Crippen LogP contribution in [0.25, 0.3) is 11.3 Å². The van der Waals surface area contributed by atoms with Gasteiger partial charge in [0.1, 0.15) is 11.8 Å². The molecule has 5 rings (SSSR count). The molecule has 8 heteroatoms. The van der Waals surface area contributed by atoms with Crippen LogP contribution in [0.4, 0.5) is 17.3 Å². The van der Waals surface area contributed by atoms with E-state index in [0.717, 1.165) is 35.6 Å². The molecule has 0 spiro atoms. The number of benzene rings is 1. The molecule has 1 atom stereocenters. The summed E-state index contributed by atoms with van der Waals surface area (Å²) < 4.78 is 5.30. The first-order valence-electron chi connectivity index (χ1n) is 10.7. The van der Waals surface area contributed by atoms with Crippen molar-refractivity contribution in [1.82, 2.24) is 20.3 Å². The molecule has 0 bridgehead atoms. The molecular formula is C24H25N7O. The predicted octanol–water partition coefficient (Wildman–Crippen LogP) is 3.60. The largest absolute Gasteiger partial charge is 0.480 e. The van der Waals surface area contributed by atoms with E-state index in [1.807, 2.05) is 24.3 Å². The van der Waals surface area contributed by atoms with Crippen LogP contribution in [0, 0.1) is 11.3 Å². The van der Waals surface area contributed by atoms with Crippen LogP contribution in [0.3, 0.4) is 0 Å². The van der Waals surface area contributed by atoms with Gasteiger partial charge in [-0.15, -0.1) is 0 Å². The van der Waals surface area contributed by atoms with E-state index >= 15 is 0 Å². The van der Waals surface area contributed by atoms with Crippen molar-refractivity contribution in [2.45, 2.75) is 31.2 Å². The molecular weight excluding hydrogens is 402 g/mol. The van der Waals surface area contributed by atoms with Crippen molar-refractivity contribution >= 4 is 17.3 Å². The second-order valence-electron chi connectivity index (χ2n) is 8.58. The van der Waals surface area contributed by atoms with Crippen LogP contribution in [-0.2, 0) is 5.41 Å². The van der Waals surface area contributed by atoms with Crippen LogP contribution in [0.15, 0.2) is 42.7 Å². The van der Waals surface area contributed by atoms with Crippen LogP contribution >= 0.6 is 0 Å². The normalized spacial score (nSPS) is 19.0.